The zero-order chi connectivity index (χ0) is 17.3. The Balaban J connectivity index is 2.16. The third-order valence-electron chi connectivity index (χ3n) is 2.89. The van der Waals surface area contributed by atoms with Crippen LogP contribution in [0.2, 0.25) is 0 Å². The van der Waals surface area contributed by atoms with Crippen molar-refractivity contribution in [3.05, 3.63) is 35.9 Å². The molecule has 0 spiro atoms. The Hall–Kier alpha value is -1.97. The van der Waals surface area contributed by atoms with Crippen molar-refractivity contribution in [1.29, 1.82) is 0 Å². The molecule has 1 atom stereocenters. The van der Waals surface area contributed by atoms with Crippen molar-refractivity contribution in [2.45, 2.75) is 25.5 Å². The van der Waals surface area contributed by atoms with Crippen LogP contribution in [-0.2, 0) is 26.3 Å². The fourth-order valence-corrected chi connectivity index (χ4v) is 2.37. The molecular formula is C14H20N2O6S. The first-order valence-electron chi connectivity index (χ1n) is 6.96. The molecule has 0 aliphatic heterocycles. The molecule has 0 saturated carbocycles. The van der Waals surface area contributed by atoms with Gasteiger partial charge in [-0.3, -0.25) is 9.35 Å². The van der Waals surface area contributed by atoms with Crippen LogP contribution in [0.1, 0.15) is 18.4 Å². The Morgan fingerprint density at radius 3 is 2.52 bits per heavy atom. The van der Waals surface area contributed by atoms with E-state index in [0.29, 0.717) is 6.42 Å². The van der Waals surface area contributed by atoms with Crippen molar-refractivity contribution >= 4 is 22.0 Å². The Kier molecular flexibility index (Phi) is 7.66. The van der Waals surface area contributed by atoms with Crippen LogP contribution in [0.15, 0.2) is 30.3 Å². The van der Waals surface area contributed by atoms with Gasteiger partial charge in [-0.2, -0.15) is 8.42 Å². The highest BCUT2D eigenvalue weighted by molar-refractivity contribution is 7.85. The summed E-state index contributed by atoms with van der Waals surface area (Å²) in [7, 11) is -4.28. The van der Waals surface area contributed by atoms with Crippen LogP contribution >= 0.6 is 0 Å². The number of hydrogen-bond donors (Lipinski definition) is 3. The summed E-state index contributed by atoms with van der Waals surface area (Å²) in [4.78, 5) is 23.0. The van der Waals surface area contributed by atoms with Crippen LogP contribution in [0.3, 0.4) is 0 Å². The van der Waals surface area contributed by atoms with E-state index in [1.807, 2.05) is 30.3 Å². The fourth-order valence-electron chi connectivity index (χ4n) is 1.73. The fraction of sp³-hybridized carbons (Fsp3) is 0.429. The number of rotatable bonds is 9. The third-order valence-corrected chi connectivity index (χ3v) is 3.67. The molecule has 8 nitrogen and oxygen atoms in total. The molecule has 0 fully saturated rings. The molecule has 0 aliphatic rings. The molecule has 1 aromatic rings. The lowest BCUT2D eigenvalue weighted by Gasteiger charge is -2.09. The number of nitrogens with one attached hydrogen (secondary N) is 1. The molecule has 0 radical (unpaired) electrons. The van der Waals surface area contributed by atoms with Crippen LogP contribution in [0.25, 0.3) is 0 Å². The normalized spacial score (nSPS) is 12.4. The van der Waals surface area contributed by atoms with E-state index in [1.165, 1.54) is 0 Å². The number of hydrogen-bond acceptors (Lipinski definition) is 6. The predicted molar refractivity (Wildman–Crippen MR) is 83.3 cm³/mol. The molecule has 1 amide bonds. The lowest BCUT2D eigenvalue weighted by atomic mass is 10.1. The van der Waals surface area contributed by atoms with E-state index in [4.69, 9.17) is 15.0 Å². The highest BCUT2D eigenvalue weighted by Gasteiger charge is 2.19. The van der Waals surface area contributed by atoms with Gasteiger partial charge in [0.15, 0.2) is 5.78 Å². The lowest BCUT2D eigenvalue weighted by Crippen LogP contribution is -2.37. The standard InChI is InChI=1S/C14H20N2O6S/c15-12(10-23(19,20)21)13(17)7-4-8-16-14(18)22-9-11-5-2-1-3-6-11/h1-3,5-6,12H,4,7-10,15H2,(H,16,18)(H,19,20,21)/t12-/m0/s1. The van der Waals surface area contributed by atoms with E-state index < -0.39 is 33.8 Å². The summed E-state index contributed by atoms with van der Waals surface area (Å²) < 4.78 is 34.8. The van der Waals surface area contributed by atoms with Crippen molar-refractivity contribution in [1.82, 2.24) is 5.32 Å². The number of amides is 1. The van der Waals surface area contributed by atoms with Gasteiger partial charge in [0.05, 0.1) is 11.8 Å². The smallest absolute Gasteiger partial charge is 0.407 e. The first kappa shape index (κ1) is 19.1. The second-order valence-corrected chi connectivity index (χ2v) is 6.41. The van der Waals surface area contributed by atoms with Gasteiger partial charge >= 0.3 is 6.09 Å². The molecule has 0 saturated heterocycles. The van der Waals surface area contributed by atoms with Gasteiger partial charge in [-0.05, 0) is 12.0 Å². The molecular weight excluding hydrogens is 324 g/mol. The number of benzene rings is 1. The number of nitrogens with two attached hydrogens (primary N) is 1. The molecule has 0 unspecified atom stereocenters. The zero-order valence-electron chi connectivity index (χ0n) is 12.5. The second-order valence-electron chi connectivity index (χ2n) is 4.91. The SMILES string of the molecule is N[C@@H](CS(=O)(=O)O)C(=O)CCCNC(=O)OCc1ccccc1. The van der Waals surface area contributed by atoms with Crippen LogP contribution in [-0.4, -0.2) is 43.2 Å². The number of Topliss-reactive ketones (excluding diaryl/α,β-unsaturated/α-hetero) is 1. The maximum Gasteiger partial charge on any atom is 0.407 e. The van der Waals surface area contributed by atoms with Crippen molar-refractivity contribution < 1.29 is 27.3 Å². The molecule has 23 heavy (non-hydrogen) atoms. The van der Waals surface area contributed by atoms with Crippen molar-refractivity contribution in [2.75, 3.05) is 12.3 Å². The average molecular weight is 344 g/mol. The zero-order valence-corrected chi connectivity index (χ0v) is 13.3. The van der Waals surface area contributed by atoms with E-state index in [-0.39, 0.29) is 19.6 Å². The molecule has 0 heterocycles. The highest BCUT2D eigenvalue weighted by Crippen LogP contribution is 2.01. The first-order chi connectivity index (χ1) is 10.8. The Morgan fingerprint density at radius 1 is 1.26 bits per heavy atom. The van der Waals surface area contributed by atoms with Gasteiger partial charge in [-0.25, -0.2) is 4.79 Å². The van der Waals surface area contributed by atoms with Crippen molar-refractivity contribution in [3.63, 3.8) is 0 Å². The van der Waals surface area contributed by atoms with Crippen molar-refractivity contribution in [2.24, 2.45) is 5.73 Å². The maximum atomic E-state index is 11.5. The topological polar surface area (TPSA) is 136 Å². The summed E-state index contributed by atoms with van der Waals surface area (Å²) in [5, 5.41) is 2.47. The molecule has 128 valence electrons. The second kappa shape index (κ2) is 9.23. The van der Waals surface area contributed by atoms with Crippen LogP contribution in [0, 0.1) is 0 Å². The third kappa shape index (κ3) is 8.91. The van der Waals surface area contributed by atoms with E-state index in [9.17, 15) is 18.0 Å². The lowest BCUT2D eigenvalue weighted by molar-refractivity contribution is -0.119. The number of carbonyl (C=O) groups excluding carboxylic acids is 2. The first-order valence-corrected chi connectivity index (χ1v) is 8.57. The summed E-state index contributed by atoms with van der Waals surface area (Å²) in [6.45, 7) is 0.336. The Morgan fingerprint density at radius 2 is 1.91 bits per heavy atom. The van der Waals surface area contributed by atoms with Gasteiger partial charge in [0, 0.05) is 13.0 Å². The highest BCUT2D eigenvalue weighted by atomic mass is 32.2. The number of ether oxygens (including phenoxy) is 1. The molecule has 9 heteroatoms. The summed E-state index contributed by atoms with van der Waals surface area (Å²) in [5.74, 6) is -1.31. The molecule has 1 rings (SSSR count). The van der Waals surface area contributed by atoms with Gasteiger partial charge < -0.3 is 15.8 Å². The van der Waals surface area contributed by atoms with Crippen LogP contribution in [0.4, 0.5) is 4.79 Å². The molecule has 4 N–H and O–H groups in total. The van der Waals surface area contributed by atoms with E-state index >= 15 is 0 Å². The molecule has 0 bridgehead atoms. The van der Waals surface area contributed by atoms with Gasteiger partial charge in [-0.15, -0.1) is 0 Å². The van der Waals surface area contributed by atoms with E-state index in [0.717, 1.165) is 5.56 Å². The summed E-state index contributed by atoms with van der Waals surface area (Å²) in [5.41, 5.74) is 6.21. The summed E-state index contributed by atoms with van der Waals surface area (Å²) in [6, 6.07) is 7.89. The number of alkyl carbamates (subject to hydrolysis) is 1. The number of ketones is 1. The van der Waals surface area contributed by atoms with Crippen LogP contribution in [0.5, 0.6) is 0 Å². The van der Waals surface area contributed by atoms with Crippen molar-refractivity contribution in [3.8, 4) is 0 Å². The molecule has 1 aromatic carbocycles. The van der Waals surface area contributed by atoms with Gasteiger partial charge in [0.1, 0.15) is 6.61 Å². The Labute approximate surface area is 134 Å². The van der Waals surface area contributed by atoms with Gasteiger partial charge in [0.25, 0.3) is 10.1 Å². The predicted octanol–water partition coefficient (Wildman–Crippen LogP) is 0.477. The quantitative estimate of drug-likeness (QED) is 0.438. The molecule has 0 aromatic heterocycles. The number of carbonyl (C=O) groups is 2. The minimum atomic E-state index is -4.28. The van der Waals surface area contributed by atoms with Gasteiger partial charge in [-0.1, -0.05) is 30.3 Å². The monoisotopic (exact) mass is 344 g/mol. The maximum absolute atomic E-state index is 11.5. The minimum Gasteiger partial charge on any atom is -0.445 e. The van der Waals surface area contributed by atoms with E-state index in [2.05, 4.69) is 5.32 Å². The summed E-state index contributed by atoms with van der Waals surface area (Å²) >= 11 is 0. The largest absolute Gasteiger partial charge is 0.445 e. The Bertz CT molecular complexity index is 617. The minimum absolute atomic E-state index is 0.00431. The molecule has 0 aliphatic carbocycles. The van der Waals surface area contributed by atoms with E-state index in [1.54, 1.807) is 0 Å². The van der Waals surface area contributed by atoms with Gasteiger partial charge in [0.2, 0.25) is 0 Å². The van der Waals surface area contributed by atoms with Crippen LogP contribution < -0.4 is 11.1 Å². The average Bonchev–Trinajstić information content (AvgIpc) is 2.48. The summed E-state index contributed by atoms with van der Waals surface area (Å²) in [6.07, 6.45) is -0.322.